The van der Waals surface area contributed by atoms with E-state index in [0.717, 1.165) is 0 Å². The first-order valence-corrected chi connectivity index (χ1v) is 6.45. The van der Waals surface area contributed by atoms with Gasteiger partial charge < -0.3 is 13.5 Å². The maximum Gasteiger partial charge on any atom is 0.337 e. The largest absolute Gasteiger partial charge is 0.466 e. The molecular weight excluding hydrogens is 231 g/mol. The highest BCUT2D eigenvalue weighted by Crippen LogP contribution is 2.46. The molecule has 0 aliphatic rings. The quantitative estimate of drug-likeness (QED) is 0.590. The summed E-state index contributed by atoms with van der Waals surface area (Å²) in [5.74, 6) is 0.855. The zero-order valence-electron chi connectivity index (χ0n) is 9.77. The van der Waals surface area contributed by atoms with E-state index in [4.69, 9.17) is 13.5 Å². The second kappa shape index (κ2) is 4.95. The van der Waals surface area contributed by atoms with E-state index in [0.29, 0.717) is 17.1 Å². The number of Topliss-reactive ketones (excluding diaryl/α,β-unsaturated/α-hetero) is 1. The lowest BCUT2D eigenvalue weighted by Crippen LogP contribution is -2.08. The first-order valence-electron chi connectivity index (χ1n) is 4.72. The highest BCUT2D eigenvalue weighted by molar-refractivity contribution is 7.54. The summed E-state index contributed by atoms with van der Waals surface area (Å²) in [6.07, 6.45) is -0.278. The van der Waals surface area contributed by atoms with Crippen molar-refractivity contribution < 1.29 is 22.8 Å². The van der Waals surface area contributed by atoms with Gasteiger partial charge in [0.2, 0.25) is 0 Å². The summed E-state index contributed by atoms with van der Waals surface area (Å²) in [6, 6.07) is 1.62. The number of hydrogen-bond acceptors (Lipinski definition) is 5. The molecule has 0 N–H and O–H groups in total. The van der Waals surface area contributed by atoms with E-state index in [1.54, 1.807) is 19.9 Å². The number of hydrogen-bond donors (Lipinski definition) is 0. The molecule has 0 radical (unpaired) electrons. The van der Waals surface area contributed by atoms with Gasteiger partial charge in [-0.1, -0.05) is 0 Å². The molecule has 6 heteroatoms. The van der Waals surface area contributed by atoms with Crippen LogP contribution in [0.2, 0.25) is 0 Å². The molecule has 5 nitrogen and oxygen atoms in total. The Kier molecular flexibility index (Phi) is 4.08. The van der Waals surface area contributed by atoms with Crippen LogP contribution < -0.4 is 0 Å². The Morgan fingerprint density at radius 1 is 1.38 bits per heavy atom. The molecule has 0 atom stereocenters. The molecule has 0 aromatic carbocycles. The Morgan fingerprint density at radius 3 is 2.31 bits per heavy atom. The van der Waals surface area contributed by atoms with Crippen molar-refractivity contribution in [3.63, 3.8) is 0 Å². The smallest absolute Gasteiger partial charge is 0.337 e. The topological polar surface area (TPSA) is 65.7 Å². The van der Waals surface area contributed by atoms with Gasteiger partial charge in [0.15, 0.2) is 5.78 Å². The predicted octanol–water partition coefficient (Wildman–Crippen LogP) is 2.57. The third kappa shape index (κ3) is 2.82. The van der Waals surface area contributed by atoms with Crippen LogP contribution in [0.25, 0.3) is 0 Å². The summed E-state index contributed by atoms with van der Waals surface area (Å²) >= 11 is 0. The van der Waals surface area contributed by atoms with E-state index in [9.17, 15) is 9.36 Å². The van der Waals surface area contributed by atoms with Crippen molar-refractivity contribution in [3.05, 3.63) is 23.2 Å². The van der Waals surface area contributed by atoms with Crippen LogP contribution in [0.3, 0.4) is 0 Å². The molecule has 0 saturated carbocycles. The summed E-state index contributed by atoms with van der Waals surface area (Å²) < 4.78 is 26.4. The van der Waals surface area contributed by atoms with Crippen LogP contribution in [0.4, 0.5) is 0 Å². The maximum absolute atomic E-state index is 11.8. The minimum Gasteiger partial charge on any atom is -0.466 e. The minimum absolute atomic E-state index is 0.278. The Balaban J connectivity index is 2.88. The number of ketones is 1. The molecule has 0 amide bonds. The van der Waals surface area contributed by atoms with Crippen molar-refractivity contribution in [2.45, 2.75) is 13.8 Å². The molecular formula is C10H15O5P. The van der Waals surface area contributed by atoms with Crippen LogP contribution in [0.5, 0.6) is 0 Å². The second-order valence-electron chi connectivity index (χ2n) is 3.38. The Bertz CT molecular complexity index is 426. The van der Waals surface area contributed by atoms with E-state index >= 15 is 0 Å². The van der Waals surface area contributed by atoms with E-state index < -0.39 is 7.60 Å². The molecule has 0 spiro atoms. The standard InChI is InChI=1S/C10H15O5P/c1-7-5-9(8(2)15-7)10(11)6-16(12,13-3)14-4/h5H,6H2,1-4H3. The number of rotatable bonds is 5. The van der Waals surface area contributed by atoms with E-state index in [1.807, 2.05) is 0 Å². The Morgan fingerprint density at radius 2 is 1.94 bits per heavy atom. The van der Waals surface area contributed by atoms with Crippen molar-refractivity contribution in [2.24, 2.45) is 0 Å². The molecule has 0 aliphatic heterocycles. The minimum atomic E-state index is -3.30. The molecule has 1 heterocycles. The van der Waals surface area contributed by atoms with Gasteiger partial charge >= 0.3 is 7.60 Å². The van der Waals surface area contributed by atoms with Gasteiger partial charge in [0.05, 0.1) is 5.56 Å². The highest BCUT2D eigenvalue weighted by Gasteiger charge is 2.27. The molecule has 0 bridgehead atoms. The highest BCUT2D eigenvalue weighted by atomic mass is 31.2. The van der Waals surface area contributed by atoms with Gasteiger partial charge in [0.25, 0.3) is 0 Å². The maximum atomic E-state index is 11.8. The molecule has 0 unspecified atom stereocenters. The number of carbonyl (C=O) groups excluding carboxylic acids is 1. The summed E-state index contributed by atoms with van der Waals surface area (Å²) in [7, 11) is -0.795. The van der Waals surface area contributed by atoms with Crippen molar-refractivity contribution in [3.8, 4) is 0 Å². The third-order valence-corrected chi connectivity index (χ3v) is 4.02. The summed E-state index contributed by atoms with van der Waals surface area (Å²) in [5.41, 5.74) is 0.423. The van der Waals surface area contributed by atoms with Crippen molar-refractivity contribution in [1.82, 2.24) is 0 Å². The Hall–Kier alpha value is -0.900. The van der Waals surface area contributed by atoms with Gasteiger partial charge in [-0.05, 0) is 19.9 Å². The van der Waals surface area contributed by atoms with E-state index in [1.165, 1.54) is 14.2 Å². The number of furan rings is 1. The summed E-state index contributed by atoms with van der Waals surface area (Å²) in [4.78, 5) is 11.8. The molecule has 0 aliphatic carbocycles. The lowest BCUT2D eigenvalue weighted by Gasteiger charge is -2.11. The lowest BCUT2D eigenvalue weighted by molar-refractivity contribution is 0.101. The molecule has 0 fully saturated rings. The van der Waals surface area contributed by atoms with Crippen LogP contribution in [0, 0.1) is 13.8 Å². The first-order chi connectivity index (χ1) is 7.41. The van der Waals surface area contributed by atoms with Gasteiger partial charge in [-0.25, -0.2) is 0 Å². The van der Waals surface area contributed by atoms with E-state index in [-0.39, 0.29) is 11.9 Å². The normalized spacial score (nSPS) is 11.8. The van der Waals surface area contributed by atoms with Crippen LogP contribution in [0.15, 0.2) is 10.5 Å². The molecule has 16 heavy (non-hydrogen) atoms. The van der Waals surface area contributed by atoms with Crippen molar-refractivity contribution in [1.29, 1.82) is 0 Å². The van der Waals surface area contributed by atoms with E-state index in [2.05, 4.69) is 0 Å². The fourth-order valence-corrected chi connectivity index (χ4v) is 2.30. The van der Waals surface area contributed by atoms with Gasteiger partial charge in [-0.2, -0.15) is 0 Å². The van der Waals surface area contributed by atoms with Gasteiger partial charge in [0.1, 0.15) is 17.7 Å². The van der Waals surface area contributed by atoms with Gasteiger partial charge in [0, 0.05) is 14.2 Å². The van der Waals surface area contributed by atoms with Crippen molar-refractivity contribution in [2.75, 3.05) is 20.4 Å². The monoisotopic (exact) mass is 246 g/mol. The SMILES string of the molecule is COP(=O)(CC(=O)c1cc(C)oc1C)OC. The first kappa shape index (κ1) is 13.2. The molecule has 1 aromatic heterocycles. The zero-order valence-corrected chi connectivity index (χ0v) is 10.7. The summed E-state index contributed by atoms with van der Waals surface area (Å²) in [5, 5.41) is 0. The number of aryl methyl sites for hydroxylation is 2. The molecule has 90 valence electrons. The number of carbonyl (C=O) groups is 1. The molecule has 0 saturated heterocycles. The molecule has 1 aromatic rings. The third-order valence-electron chi connectivity index (χ3n) is 2.23. The van der Waals surface area contributed by atoms with Crippen LogP contribution in [-0.2, 0) is 13.6 Å². The van der Waals surface area contributed by atoms with Crippen molar-refractivity contribution >= 4 is 13.4 Å². The van der Waals surface area contributed by atoms with Crippen LogP contribution in [-0.4, -0.2) is 26.2 Å². The van der Waals surface area contributed by atoms with Crippen LogP contribution >= 0.6 is 7.60 Å². The van der Waals surface area contributed by atoms with Gasteiger partial charge in [-0.15, -0.1) is 0 Å². The lowest BCUT2D eigenvalue weighted by atomic mass is 10.2. The average Bonchev–Trinajstić information content (AvgIpc) is 2.57. The summed E-state index contributed by atoms with van der Waals surface area (Å²) in [6.45, 7) is 3.43. The fourth-order valence-electron chi connectivity index (χ4n) is 1.37. The van der Waals surface area contributed by atoms with Crippen LogP contribution in [0.1, 0.15) is 21.9 Å². The predicted molar refractivity (Wildman–Crippen MR) is 59.0 cm³/mol. The van der Waals surface area contributed by atoms with Gasteiger partial charge in [-0.3, -0.25) is 9.36 Å². The fraction of sp³-hybridized carbons (Fsp3) is 0.500. The Labute approximate surface area is 94.3 Å². The second-order valence-corrected chi connectivity index (χ2v) is 5.65. The average molecular weight is 246 g/mol. The molecule has 1 rings (SSSR count). The zero-order chi connectivity index (χ0) is 12.3.